The standard InChI is InChI=1S/C14H11FN2O/c1-10-2-3-13(15)14(6-10)18-9-11-4-5-17-12(7-11)8-16/h2-7H,9H2,1H3. The molecule has 18 heavy (non-hydrogen) atoms. The number of aromatic nitrogens is 1. The van der Waals surface area contributed by atoms with Crippen LogP contribution in [-0.4, -0.2) is 4.98 Å². The molecule has 0 bridgehead atoms. The number of rotatable bonds is 3. The average Bonchev–Trinajstić information content (AvgIpc) is 2.40. The predicted molar refractivity (Wildman–Crippen MR) is 64.4 cm³/mol. The Morgan fingerprint density at radius 2 is 2.17 bits per heavy atom. The van der Waals surface area contributed by atoms with Gasteiger partial charge in [-0.2, -0.15) is 5.26 Å². The van der Waals surface area contributed by atoms with E-state index < -0.39 is 5.82 Å². The van der Waals surface area contributed by atoms with Crippen LogP contribution in [0.15, 0.2) is 36.5 Å². The van der Waals surface area contributed by atoms with Crippen LogP contribution >= 0.6 is 0 Å². The zero-order chi connectivity index (χ0) is 13.0. The van der Waals surface area contributed by atoms with Gasteiger partial charge in [-0.15, -0.1) is 0 Å². The molecule has 1 aromatic heterocycles. The summed E-state index contributed by atoms with van der Waals surface area (Å²) >= 11 is 0. The zero-order valence-corrected chi connectivity index (χ0v) is 9.85. The maximum absolute atomic E-state index is 13.4. The van der Waals surface area contributed by atoms with Gasteiger partial charge in [0.05, 0.1) is 0 Å². The Kier molecular flexibility index (Phi) is 3.54. The van der Waals surface area contributed by atoms with Crippen molar-refractivity contribution in [1.29, 1.82) is 5.26 Å². The van der Waals surface area contributed by atoms with Crippen LogP contribution < -0.4 is 4.74 Å². The van der Waals surface area contributed by atoms with Crippen molar-refractivity contribution < 1.29 is 9.13 Å². The quantitative estimate of drug-likeness (QED) is 0.831. The molecule has 0 spiro atoms. The molecule has 0 fully saturated rings. The number of nitrogens with zero attached hydrogens (tertiary/aromatic N) is 2. The predicted octanol–water partition coefficient (Wildman–Crippen LogP) is 2.98. The third kappa shape index (κ3) is 2.83. The number of pyridine rings is 1. The van der Waals surface area contributed by atoms with Crippen molar-refractivity contribution in [2.75, 3.05) is 0 Å². The largest absolute Gasteiger partial charge is 0.486 e. The first kappa shape index (κ1) is 12.1. The number of benzene rings is 1. The number of nitriles is 1. The highest BCUT2D eigenvalue weighted by Crippen LogP contribution is 2.19. The summed E-state index contributed by atoms with van der Waals surface area (Å²) in [5.41, 5.74) is 2.03. The van der Waals surface area contributed by atoms with Crippen LogP contribution in [0.3, 0.4) is 0 Å². The van der Waals surface area contributed by atoms with Gasteiger partial charge >= 0.3 is 0 Å². The Hall–Kier alpha value is -2.41. The van der Waals surface area contributed by atoms with Crippen molar-refractivity contribution in [3.8, 4) is 11.8 Å². The van der Waals surface area contributed by atoms with E-state index in [2.05, 4.69) is 4.98 Å². The third-order valence-electron chi connectivity index (χ3n) is 2.42. The van der Waals surface area contributed by atoms with E-state index in [1.165, 1.54) is 12.3 Å². The lowest BCUT2D eigenvalue weighted by atomic mass is 10.2. The van der Waals surface area contributed by atoms with E-state index in [1.54, 1.807) is 24.3 Å². The van der Waals surface area contributed by atoms with E-state index in [0.717, 1.165) is 11.1 Å². The summed E-state index contributed by atoms with van der Waals surface area (Å²) in [6, 6.07) is 9.99. The summed E-state index contributed by atoms with van der Waals surface area (Å²) < 4.78 is 18.8. The van der Waals surface area contributed by atoms with Gasteiger partial charge in [0.15, 0.2) is 11.6 Å². The molecule has 0 aliphatic carbocycles. The van der Waals surface area contributed by atoms with Crippen molar-refractivity contribution in [3.63, 3.8) is 0 Å². The lowest BCUT2D eigenvalue weighted by molar-refractivity contribution is 0.290. The van der Waals surface area contributed by atoms with Crippen LogP contribution in [0.4, 0.5) is 4.39 Å². The zero-order valence-electron chi connectivity index (χ0n) is 9.85. The van der Waals surface area contributed by atoms with Crippen LogP contribution in [-0.2, 0) is 6.61 Å². The summed E-state index contributed by atoms with van der Waals surface area (Å²) in [6.45, 7) is 2.07. The van der Waals surface area contributed by atoms with Gasteiger partial charge in [-0.3, -0.25) is 0 Å². The van der Waals surface area contributed by atoms with Crippen molar-refractivity contribution in [1.82, 2.24) is 4.98 Å². The first-order chi connectivity index (χ1) is 8.69. The Balaban J connectivity index is 2.11. The highest BCUT2D eigenvalue weighted by Gasteiger charge is 2.04. The van der Waals surface area contributed by atoms with Crippen molar-refractivity contribution in [3.05, 3.63) is 59.2 Å². The van der Waals surface area contributed by atoms with Gasteiger partial charge in [0.1, 0.15) is 18.4 Å². The molecule has 0 saturated heterocycles. The van der Waals surface area contributed by atoms with Crippen LogP contribution in [0.1, 0.15) is 16.8 Å². The van der Waals surface area contributed by atoms with Gasteiger partial charge in [-0.1, -0.05) is 6.07 Å². The molecule has 0 aliphatic heterocycles. The number of hydrogen-bond acceptors (Lipinski definition) is 3. The smallest absolute Gasteiger partial charge is 0.165 e. The fraction of sp³-hybridized carbons (Fsp3) is 0.143. The molecule has 1 aromatic carbocycles. The van der Waals surface area contributed by atoms with Crippen LogP contribution in [0.25, 0.3) is 0 Å². The molecule has 0 atom stereocenters. The molecule has 0 radical (unpaired) electrons. The third-order valence-corrected chi connectivity index (χ3v) is 2.42. The Bertz CT molecular complexity index is 605. The molecular weight excluding hydrogens is 231 g/mol. The normalized spacial score (nSPS) is 9.83. The molecule has 2 rings (SSSR count). The van der Waals surface area contributed by atoms with E-state index in [-0.39, 0.29) is 12.4 Å². The van der Waals surface area contributed by atoms with E-state index >= 15 is 0 Å². The van der Waals surface area contributed by atoms with Gasteiger partial charge in [0.2, 0.25) is 0 Å². The second kappa shape index (κ2) is 5.28. The van der Waals surface area contributed by atoms with E-state index in [9.17, 15) is 4.39 Å². The lowest BCUT2D eigenvalue weighted by Crippen LogP contribution is -1.98. The van der Waals surface area contributed by atoms with Crippen molar-refractivity contribution >= 4 is 0 Å². The van der Waals surface area contributed by atoms with E-state index in [4.69, 9.17) is 10.00 Å². The second-order valence-electron chi connectivity index (χ2n) is 3.88. The number of ether oxygens (including phenoxy) is 1. The molecular formula is C14H11FN2O. The number of hydrogen-bond donors (Lipinski definition) is 0. The Morgan fingerprint density at radius 1 is 1.33 bits per heavy atom. The minimum absolute atomic E-state index is 0.206. The highest BCUT2D eigenvalue weighted by molar-refractivity contribution is 5.30. The first-order valence-corrected chi connectivity index (χ1v) is 5.43. The molecule has 4 heteroatoms. The SMILES string of the molecule is Cc1ccc(F)c(OCc2ccnc(C#N)c2)c1. The van der Waals surface area contributed by atoms with Gasteiger partial charge in [0, 0.05) is 6.20 Å². The second-order valence-corrected chi connectivity index (χ2v) is 3.88. The van der Waals surface area contributed by atoms with Gasteiger partial charge < -0.3 is 4.74 Å². The van der Waals surface area contributed by atoms with Crippen LogP contribution in [0, 0.1) is 24.1 Å². The average molecular weight is 242 g/mol. The minimum atomic E-state index is -0.393. The Labute approximate surface area is 104 Å². The topological polar surface area (TPSA) is 45.9 Å². The van der Waals surface area contributed by atoms with E-state index in [0.29, 0.717) is 5.69 Å². The number of aryl methyl sites for hydroxylation is 1. The molecule has 0 unspecified atom stereocenters. The van der Waals surface area contributed by atoms with Crippen molar-refractivity contribution in [2.45, 2.75) is 13.5 Å². The van der Waals surface area contributed by atoms with Gasteiger partial charge in [0.25, 0.3) is 0 Å². The fourth-order valence-electron chi connectivity index (χ4n) is 1.51. The van der Waals surface area contributed by atoms with E-state index in [1.807, 2.05) is 13.0 Å². The van der Waals surface area contributed by atoms with Crippen LogP contribution in [0.2, 0.25) is 0 Å². The van der Waals surface area contributed by atoms with Gasteiger partial charge in [-0.05, 0) is 42.3 Å². The molecule has 0 N–H and O–H groups in total. The summed E-state index contributed by atoms with van der Waals surface area (Å²) in [4.78, 5) is 3.85. The maximum atomic E-state index is 13.4. The highest BCUT2D eigenvalue weighted by atomic mass is 19.1. The molecule has 2 aromatic rings. The molecule has 90 valence electrons. The minimum Gasteiger partial charge on any atom is -0.486 e. The van der Waals surface area contributed by atoms with Crippen molar-refractivity contribution in [2.24, 2.45) is 0 Å². The summed E-state index contributed by atoms with van der Waals surface area (Å²) in [7, 11) is 0. The summed E-state index contributed by atoms with van der Waals surface area (Å²) in [6.07, 6.45) is 1.53. The molecule has 0 amide bonds. The molecule has 0 aliphatic rings. The number of halogens is 1. The van der Waals surface area contributed by atoms with Gasteiger partial charge in [-0.25, -0.2) is 9.37 Å². The molecule has 1 heterocycles. The first-order valence-electron chi connectivity index (χ1n) is 5.43. The lowest BCUT2D eigenvalue weighted by Gasteiger charge is -2.08. The van der Waals surface area contributed by atoms with Crippen LogP contribution in [0.5, 0.6) is 5.75 Å². The monoisotopic (exact) mass is 242 g/mol. The maximum Gasteiger partial charge on any atom is 0.165 e. The fourth-order valence-corrected chi connectivity index (χ4v) is 1.51. The Morgan fingerprint density at radius 3 is 2.94 bits per heavy atom. The summed E-state index contributed by atoms with van der Waals surface area (Å²) in [5.74, 6) is -0.180. The molecule has 3 nitrogen and oxygen atoms in total. The summed E-state index contributed by atoms with van der Waals surface area (Å²) in [5, 5.41) is 8.71. The molecule has 0 saturated carbocycles.